The number of anilines is 1. The molecule has 0 aliphatic rings. The second-order valence-corrected chi connectivity index (χ2v) is 7.93. The number of aryl methyl sites for hydroxylation is 2. The highest BCUT2D eigenvalue weighted by Gasteiger charge is 2.27. The van der Waals surface area contributed by atoms with Crippen molar-refractivity contribution >= 4 is 39.3 Å². The molecular formula is C16H18ClN7O4S. The molecule has 2 amide bonds. The largest absolute Gasteiger partial charge is 0.467 e. The van der Waals surface area contributed by atoms with E-state index >= 15 is 0 Å². The van der Waals surface area contributed by atoms with Crippen LogP contribution in [0.1, 0.15) is 24.7 Å². The van der Waals surface area contributed by atoms with Gasteiger partial charge in [0.15, 0.2) is 10.2 Å². The van der Waals surface area contributed by atoms with Crippen LogP contribution < -0.4 is 14.8 Å². The summed E-state index contributed by atoms with van der Waals surface area (Å²) in [6.45, 7) is 3.57. The number of urea groups is 1. The summed E-state index contributed by atoms with van der Waals surface area (Å²) in [5.41, 5.74) is 1.25. The molecule has 0 aliphatic carbocycles. The molecule has 0 atom stereocenters. The molecule has 0 aromatic carbocycles. The number of nitrogens with zero attached hydrogens (tertiary/aromatic N) is 5. The number of aromatic nitrogens is 5. The van der Waals surface area contributed by atoms with Gasteiger partial charge in [0.25, 0.3) is 10.0 Å². The molecule has 0 bridgehead atoms. The van der Waals surface area contributed by atoms with Gasteiger partial charge in [-0.2, -0.15) is 23.4 Å². The molecule has 0 aliphatic heterocycles. The number of rotatable bonds is 6. The third-order valence-corrected chi connectivity index (χ3v) is 5.48. The highest BCUT2D eigenvalue weighted by atomic mass is 35.5. The normalized spacial score (nSPS) is 11.4. The van der Waals surface area contributed by atoms with Gasteiger partial charge in [0.2, 0.25) is 5.95 Å². The van der Waals surface area contributed by atoms with Crippen molar-refractivity contribution in [2.75, 3.05) is 12.4 Å². The molecule has 3 aromatic rings. The first kappa shape index (κ1) is 20.7. The number of sulfonamides is 1. The number of carbonyl (C=O) groups excluding carboxylic acids is 1. The first-order valence-corrected chi connectivity index (χ1v) is 10.4. The Morgan fingerprint density at radius 3 is 2.69 bits per heavy atom. The Balaban J connectivity index is 1.89. The first-order chi connectivity index (χ1) is 13.7. The maximum absolute atomic E-state index is 12.8. The lowest BCUT2D eigenvalue weighted by Gasteiger charge is -2.09. The summed E-state index contributed by atoms with van der Waals surface area (Å²) in [6, 6.07) is 2.41. The van der Waals surface area contributed by atoms with E-state index in [1.165, 1.54) is 11.5 Å². The van der Waals surface area contributed by atoms with Gasteiger partial charge in [-0.25, -0.2) is 14.5 Å². The number of hydrogen-bond acceptors (Lipinski definition) is 8. The van der Waals surface area contributed by atoms with Gasteiger partial charge < -0.3 is 4.74 Å². The highest BCUT2D eigenvalue weighted by Crippen LogP contribution is 2.23. The van der Waals surface area contributed by atoms with E-state index in [9.17, 15) is 13.2 Å². The molecule has 0 saturated carbocycles. The summed E-state index contributed by atoms with van der Waals surface area (Å²) < 4.78 is 33.7. The molecule has 0 spiro atoms. The predicted molar refractivity (Wildman–Crippen MR) is 105 cm³/mol. The number of hydrogen-bond donors (Lipinski definition) is 2. The SMILES string of the molecule is CCCc1ccc2nc(Cl)c(S(=O)(=O)NC(=O)Nc3nc(C)nc(OC)n3)n2c1. The molecule has 0 saturated heterocycles. The van der Waals surface area contributed by atoms with E-state index in [4.69, 9.17) is 16.3 Å². The molecule has 3 aromatic heterocycles. The fourth-order valence-electron chi connectivity index (χ4n) is 2.62. The van der Waals surface area contributed by atoms with Crippen molar-refractivity contribution in [1.82, 2.24) is 29.1 Å². The van der Waals surface area contributed by atoms with E-state index in [0.29, 0.717) is 5.65 Å². The zero-order valence-corrected chi connectivity index (χ0v) is 17.4. The minimum absolute atomic E-state index is 0.0241. The third kappa shape index (κ3) is 4.54. The predicted octanol–water partition coefficient (Wildman–Crippen LogP) is 1.95. The molecule has 11 nitrogen and oxygen atoms in total. The van der Waals surface area contributed by atoms with Gasteiger partial charge in [0.1, 0.15) is 11.5 Å². The minimum atomic E-state index is -4.35. The lowest BCUT2D eigenvalue weighted by molar-refractivity contribution is 0.256. The Bertz CT molecular complexity index is 1180. The average Bonchev–Trinajstić information content (AvgIpc) is 2.96. The molecule has 13 heteroatoms. The summed E-state index contributed by atoms with van der Waals surface area (Å²) in [6.07, 6.45) is 3.26. The van der Waals surface area contributed by atoms with E-state index in [1.54, 1.807) is 19.2 Å². The molecule has 3 rings (SSSR count). The van der Waals surface area contributed by atoms with Gasteiger partial charge in [-0.1, -0.05) is 31.0 Å². The van der Waals surface area contributed by atoms with Crippen LogP contribution >= 0.6 is 11.6 Å². The number of imidazole rings is 1. The Labute approximate surface area is 171 Å². The van der Waals surface area contributed by atoms with Crippen LogP contribution in [0.2, 0.25) is 5.15 Å². The van der Waals surface area contributed by atoms with Crippen molar-refractivity contribution in [1.29, 1.82) is 0 Å². The number of methoxy groups -OCH3 is 1. The molecule has 0 fully saturated rings. The summed E-state index contributed by atoms with van der Waals surface area (Å²) in [5, 5.41) is 1.64. The Kier molecular flexibility index (Phi) is 5.84. The van der Waals surface area contributed by atoms with Crippen LogP contribution in [0, 0.1) is 6.92 Å². The van der Waals surface area contributed by atoms with Gasteiger partial charge in [-0.15, -0.1) is 0 Å². The average molecular weight is 440 g/mol. The zero-order chi connectivity index (χ0) is 21.2. The number of pyridine rings is 1. The van der Waals surface area contributed by atoms with Crippen molar-refractivity contribution in [3.05, 3.63) is 34.9 Å². The standard InChI is InChI=1S/C16H18ClN7O4S/c1-4-5-10-6-7-11-20-12(17)13(24(11)8-10)29(26,27)23-15(25)21-14-18-9(2)19-16(22-14)28-3/h6-8H,4-5H2,1-3H3,(H2,18,19,21,22,23,25). The molecular weight excluding hydrogens is 422 g/mol. The molecule has 154 valence electrons. The van der Waals surface area contributed by atoms with Crippen LogP contribution in [0.15, 0.2) is 23.4 Å². The molecule has 29 heavy (non-hydrogen) atoms. The summed E-state index contributed by atoms with van der Waals surface area (Å²) in [5.74, 6) is 0.111. The smallest absolute Gasteiger partial charge is 0.335 e. The van der Waals surface area contributed by atoms with Crippen molar-refractivity contribution in [3.63, 3.8) is 0 Å². The monoisotopic (exact) mass is 439 g/mol. The number of fused-ring (bicyclic) bond motifs is 1. The summed E-state index contributed by atoms with van der Waals surface area (Å²) in [7, 11) is -3.00. The van der Waals surface area contributed by atoms with E-state index in [2.05, 4.69) is 25.3 Å². The number of amides is 2. The summed E-state index contributed by atoms with van der Waals surface area (Å²) >= 11 is 6.05. The number of nitrogens with one attached hydrogen (secondary N) is 2. The van der Waals surface area contributed by atoms with Crippen LogP contribution in [-0.2, 0) is 16.4 Å². The lowest BCUT2D eigenvalue weighted by Crippen LogP contribution is -2.35. The van der Waals surface area contributed by atoms with Crippen LogP contribution in [0.5, 0.6) is 6.01 Å². The van der Waals surface area contributed by atoms with Crippen LogP contribution in [0.3, 0.4) is 0 Å². The quantitative estimate of drug-likeness (QED) is 0.593. The third-order valence-electron chi connectivity index (χ3n) is 3.75. The fourth-order valence-corrected chi connectivity index (χ4v) is 4.16. The first-order valence-electron chi connectivity index (χ1n) is 8.50. The maximum atomic E-state index is 12.8. The Morgan fingerprint density at radius 2 is 2.00 bits per heavy atom. The van der Waals surface area contributed by atoms with Crippen LogP contribution in [-0.4, -0.2) is 45.9 Å². The number of halogens is 1. The minimum Gasteiger partial charge on any atom is -0.467 e. The molecule has 0 radical (unpaired) electrons. The molecule has 3 heterocycles. The van der Waals surface area contributed by atoms with E-state index < -0.39 is 16.1 Å². The Hall–Kier alpha value is -2.99. The molecule has 0 unspecified atom stereocenters. The van der Waals surface area contributed by atoms with Gasteiger partial charge in [0.05, 0.1) is 7.11 Å². The highest BCUT2D eigenvalue weighted by molar-refractivity contribution is 7.90. The molecule has 2 N–H and O–H groups in total. The fraction of sp³-hybridized carbons (Fsp3) is 0.312. The number of ether oxygens (including phenoxy) is 1. The topological polar surface area (TPSA) is 140 Å². The van der Waals surface area contributed by atoms with Gasteiger partial charge in [-0.05, 0) is 25.0 Å². The summed E-state index contributed by atoms with van der Waals surface area (Å²) in [4.78, 5) is 27.9. The van der Waals surface area contributed by atoms with Gasteiger partial charge in [0, 0.05) is 6.20 Å². The Morgan fingerprint density at radius 1 is 1.24 bits per heavy atom. The van der Waals surface area contributed by atoms with Crippen molar-refractivity contribution < 1.29 is 17.9 Å². The maximum Gasteiger partial charge on any atom is 0.335 e. The lowest BCUT2D eigenvalue weighted by atomic mass is 10.2. The second-order valence-electron chi connectivity index (χ2n) is 5.98. The van der Waals surface area contributed by atoms with E-state index in [-0.39, 0.29) is 28.0 Å². The van der Waals surface area contributed by atoms with E-state index in [0.717, 1.165) is 18.4 Å². The second kappa shape index (κ2) is 8.17. The van der Waals surface area contributed by atoms with Gasteiger partial charge in [-0.3, -0.25) is 9.72 Å². The zero-order valence-electron chi connectivity index (χ0n) is 15.8. The number of carbonyl (C=O) groups is 1. The van der Waals surface area contributed by atoms with Gasteiger partial charge >= 0.3 is 12.0 Å². The van der Waals surface area contributed by atoms with Crippen LogP contribution in [0.4, 0.5) is 10.7 Å². The van der Waals surface area contributed by atoms with Crippen molar-refractivity contribution in [3.8, 4) is 6.01 Å². The van der Waals surface area contributed by atoms with Crippen LogP contribution in [0.25, 0.3) is 5.65 Å². The van der Waals surface area contributed by atoms with Crippen molar-refractivity contribution in [2.45, 2.75) is 31.7 Å². The van der Waals surface area contributed by atoms with E-state index in [1.807, 2.05) is 17.7 Å². The van der Waals surface area contributed by atoms with Crippen molar-refractivity contribution in [2.24, 2.45) is 0 Å².